The van der Waals surface area contributed by atoms with Crippen molar-refractivity contribution in [2.45, 2.75) is 25.7 Å². The van der Waals surface area contributed by atoms with Gasteiger partial charge in [-0.05, 0) is 72.6 Å². The molecule has 0 fully saturated rings. The molecule has 1 heterocycles. The molecule has 0 aliphatic rings. The van der Waals surface area contributed by atoms with E-state index in [2.05, 4.69) is 10.6 Å². The summed E-state index contributed by atoms with van der Waals surface area (Å²) in [6.07, 6.45) is -2.62. The van der Waals surface area contributed by atoms with Gasteiger partial charge in [-0.1, -0.05) is 42.5 Å². The van der Waals surface area contributed by atoms with Crippen LogP contribution in [0.5, 0.6) is 0 Å². The topological polar surface area (TPSA) is 83.4 Å². The van der Waals surface area contributed by atoms with Gasteiger partial charge in [0.15, 0.2) is 0 Å². The van der Waals surface area contributed by atoms with Crippen molar-refractivity contribution in [3.05, 3.63) is 131 Å². The highest BCUT2D eigenvalue weighted by Crippen LogP contribution is 2.32. The summed E-state index contributed by atoms with van der Waals surface area (Å²) < 4.78 is 41.1. The first-order valence-electron chi connectivity index (χ1n) is 12.8. The van der Waals surface area contributed by atoms with E-state index in [1.165, 1.54) is 24.3 Å². The number of carbonyl (C=O) groups is 2. The van der Waals surface area contributed by atoms with Gasteiger partial charge in [-0.2, -0.15) is 13.2 Å². The van der Waals surface area contributed by atoms with Crippen LogP contribution in [-0.2, 0) is 12.7 Å². The number of hydrogen-bond donors (Lipinski definition) is 3. The molecule has 5 rings (SSSR count). The van der Waals surface area contributed by atoms with Crippen molar-refractivity contribution >= 4 is 34.2 Å². The second-order valence-electron chi connectivity index (χ2n) is 9.67. The van der Waals surface area contributed by atoms with E-state index in [1.54, 1.807) is 25.1 Å². The van der Waals surface area contributed by atoms with Crippen molar-refractivity contribution in [1.82, 2.24) is 9.88 Å². The van der Waals surface area contributed by atoms with Crippen LogP contribution in [0.4, 0.5) is 24.5 Å². The van der Waals surface area contributed by atoms with E-state index in [4.69, 9.17) is 5.11 Å². The lowest BCUT2D eigenvalue weighted by Gasteiger charge is -2.17. The lowest BCUT2D eigenvalue weighted by molar-refractivity contribution is -0.137. The first-order valence-corrected chi connectivity index (χ1v) is 12.8. The number of aromatic nitrogens is 1. The van der Waals surface area contributed by atoms with Crippen LogP contribution in [0, 0.1) is 0 Å². The van der Waals surface area contributed by atoms with Gasteiger partial charge in [0.25, 0.3) is 5.91 Å². The smallest absolute Gasteiger partial charge is 0.416 e. The van der Waals surface area contributed by atoms with E-state index in [9.17, 15) is 22.8 Å². The zero-order chi connectivity index (χ0) is 29.1. The van der Waals surface area contributed by atoms with Gasteiger partial charge in [0.05, 0.1) is 28.2 Å². The number of hydrogen-bond acceptors (Lipinski definition) is 3. The first-order chi connectivity index (χ1) is 19.6. The summed E-state index contributed by atoms with van der Waals surface area (Å²) in [5.74, 6) is -1.38. The van der Waals surface area contributed by atoms with Crippen LogP contribution in [0.1, 0.15) is 50.4 Å². The Morgan fingerprint density at radius 2 is 1.56 bits per heavy atom. The molecule has 0 aliphatic heterocycles. The molecule has 1 aromatic heterocycles. The number of aromatic carboxylic acids is 1. The van der Waals surface area contributed by atoms with E-state index in [0.29, 0.717) is 16.6 Å². The molecule has 1 atom stereocenters. The fourth-order valence-electron chi connectivity index (χ4n) is 4.69. The lowest BCUT2D eigenvalue weighted by Crippen LogP contribution is -2.27. The van der Waals surface area contributed by atoms with Crippen molar-refractivity contribution < 1.29 is 27.9 Å². The molecule has 4 aromatic carbocycles. The van der Waals surface area contributed by atoms with Gasteiger partial charge in [0.2, 0.25) is 0 Å². The van der Waals surface area contributed by atoms with Gasteiger partial charge in [-0.25, -0.2) is 4.79 Å². The van der Waals surface area contributed by atoms with E-state index < -0.39 is 23.8 Å². The molecule has 0 radical (unpaired) electrons. The summed E-state index contributed by atoms with van der Waals surface area (Å²) in [6, 6.07) is 25.8. The van der Waals surface area contributed by atoms with E-state index in [0.717, 1.165) is 34.5 Å². The quantitative estimate of drug-likeness (QED) is 0.183. The average Bonchev–Trinajstić information content (AvgIpc) is 3.37. The molecule has 6 nitrogen and oxygen atoms in total. The Kier molecular flexibility index (Phi) is 7.52. The number of carbonyl (C=O) groups excluding carboxylic acids is 1. The fraction of sp³-hybridized carbons (Fsp3) is 0.125. The maximum Gasteiger partial charge on any atom is 0.416 e. The highest BCUT2D eigenvalue weighted by atomic mass is 19.4. The third kappa shape index (κ3) is 6.09. The summed E-state index contributed by atoms with van der Waals surface area (Å²) >= 11 is 0. The average molecular weight is 558 g/mol. The molecule has 1 amide bonds. The molecule has 0 aliphatic carbocycles. The highest BCUT2D eigenvalue weighted by Gasteiger charge is 2.30. The van der Waals surface area contributed by atoms with Gasteiger partial charge < -0.3 is 20.3 Å². The van der Waals surface area contributed by atoms with Crippen LogP contribution in [0.15, 0.2) is 103 Å². The molecule has 0 bridgehead atoms. The predicted molar refractivity (Wildman–Crippen MR) is 151 cm³/mol. The standard InChI is InChI=1S/C32H26F3N3O3/c1-20(22-9-11-23(12-10-22)31(40)41)36-30(39)27-15-16-28(37-25-5-3-2-4-6-25)26-17-18-38(29(26)27)19-21-7-13-24(14-8-21)32(33,34)35/h2-18,20,37H,19H2,1H3,(H,36,39)(H,40,41)/t20-/m1/s1. The minimum Gasteiger partial charge on any atom is -0.478 e. The second-order valence-corrected chi connectivity index (χ2v) is 9.67. The summed E-state index contributed by atoms with van der Waals surface area (Å²) in [4.78, 5) is 24.8. The van der Waals surface area contributed by atoms with Crippen LogP contribution in [0.3, 0.4) is 0 Å². The Labute approximate surface area is 234 Å². The molecule has 3 N–H and O–H groups in total. The number of rotatable bonds is 8. The maximum atomic E-state index is 13.6. The first kappa shape index (κ1) is 27.5. The molecular weight excluding hydrogens is 531 g/mol. The van der Waals surface area contributed by atoms with Gasteiger partial charge in [0.1, 0.15) is 0 Å². The largest absolute Gasteiger partial charge is 0.478 e. The second kappa shape index (κ2) is 11.2. The van der Waals surface area contributed by atoms with Crippen LogP contribution in [0.25, 0.3) is 10.9 Å². The van der Waals surface area contributed by atoms with Crippen LogP contribution >= 0.6 is 0 Å². The number of fused-ring (bicyclic) bond motifs is 1. The van der Waals surface area contributed by atoms with E-state index in [-0.39, 0.29) is 18.0 Å². The Morgan fingerprint density at radius 3 is 2.20 bits per heavy atom. The Hall–Kier alpha value is -5.05. The van der Waals surface area contributed by atoms with Crippen molar-refractivity contribution in [1.29, 1.82) is 0 Å². The van der Waals surface area contributed by atoms with Gasteiger partial charge in [-0.15, -0.1) is 0 Å². The molecule has 9 heteroatoms. The van der Waals surface area contributed by atoms with Crippen LogP contribution < -0.4 is 10.6 Å². The van der Waals surface area contributed by atoms with Crippen molar-refractivity contribution in [3.63, 3.8) is 0 Å². The van der Waals surface area contributed by atoms with Crippen LogP contribution in [-0.4, -0.2) is 21.6 Å². The molecule has 5 aromatic rings. The minimum atomic E-state index is -4.42. The van der Waals surface area contributed by atoms with Crippen LogP contribution in [0.2, 0.25) is 0 Å². The molecule has 41 heavy (non-hydrogen) atoms. The number of carboxylic acids is 1. The summed E-state index contributed by atoms with van der Waals surface area (Å²) in [6.45, 7) is 2.06. The summed E-state index contributed by atoms with van der Waals surface area (Å²) in [5.41, 5.74) is 3.46. The van der Waals surface area contributed by atoms with E-state index >= 15 is 0 Å². The number of halogens is 3. The molecular formula is C32H26F3N3O3. The molecule has 0 saturated heterocycles. The summed E-state index contributed by atoms with van der Waals surface area (Å²) in [5, 5.41) is 16.3. The minimum absolute atomic E-state index is 0.150. The number of nitrogens with one attached hydrogen (secondary N) is 2. The normalized spacial score (nSPS) is 12.2. The summed E-state index contributed by atoms with van der Waals surface area (Å²) in [7, 11) is 0. The fourth-order valence-corrected chi connectivity index (χ4v) is 4.69. The number of carboxylic acid groups (broad SMARTS) is 1. The van der Waals surface area contributed by atoms with E-state index in [1.807, 2.05) is 53.2 Å². The number of nitrogens with zero attached hydrogens (tertiary/aromatic N) is 1. The number of para-hydroxylation sites is 1. The number of alkyl halides is 3. The SMILES string of the molecule is C[C@@H](NC(=O)c1ccc(Nc2ccccc2)c2ccn(Cc3ccc(C(F)(F)F)cc3)c12)c1ccc(C(=O)O)cc1. The highest BCUT2D eigenvalue weighted by molar-refractivity contribution is 6.10. The lowest BCUT2D eigenvalue weighted by atomic mass is 10.0. The molecule has 208 valence electrons. The van der Waals surface area contributed by atoms with Crippen molar-refractivity contribution in [2.24, 2.45) is 0 Å². The van der Waals surface area contributed by atoms with Gasteiger partial charge >= 0.3 is 12.1 Å². The third-order valence-electron chi connectivity index (χ3n) is 6.86. The van der Waals surface area contributed by atoms with Crippen molar-refractivity contribution in [3.8, 4) is 0 Å². The Morgan fingerprint density at radius 1 is 0.878 bits per heavy atom. The zero-order valence-corrected chi connectivity index (χ0v) is 21.9. The molecule has 0 saturated carbocycles. The van der Waals surface area contributed by atoms with Crippen molar-refractivity contribution in [2.75, 3.05) is 5.32 Å². The zero-order valence-electron chi connectivity index (χ0n) is 21.9. The molecule has 0 unspecified atom stereocenters. The number of anilines is 2. The van der Waals surface area contributed by atoms with Gasteiger partial charge in [0, 0.05) is 29.5 Å². The molecule has 0 spiro atoms. The number of benzene rings is 4. The monoisotopic (exact) mass is 557 g/mol. The maximum absolute atomic E-state index is 13.6. The van der Waals surface area contributed by atoms with Gasteiger partial charge in [-0.3, -0.25) is 4.79 Å². The Bertz CT molecular complexity index is 1690. The predicted octanol–water partition coefficient (Wildman–Crippen LogP) is 7.64. The Balaban J connectivity index is 1.49. The number of amides is 1. The third-order valence-corrected chi connectivity index (χ3v) is 6.86.